The molecule has 0 spiro atoms. The molecule has 2 rings (SSSR count). The molecule has 0 radical (unpaired) electrons. The molecule has 0 saturated carbocycles. The molecule has 0 aliphatic rings. The van der Waals surface area contributed by atoms with Gasteiger partial charge in [-0.15, -0.1) is 0 Å². The molecule has 6 heteroatoms. The van der Waals surface area contributed by atoms with E-state index < -0.39 is 11.9 Å². The van der Waals surface area contributed by atoms with Crippen LogP contribution in [0.5, 0.6) is 5.75 Å². The van der Waals surface area contributed by atoms with Gasteiger partial charge in [0.05, 0.1) is 11.1 Å². The molecule has 2 aromatic carbocycles. The first-order chi connectivity index (χ1) is 12.3. The Morgan fingerprint density at radius 1 is 0.885 bits per heavy atom. The van der Waals surface area contributed by atoms with E-state index in [0.717, 1.165) is 25.2 Å². The number of benzene rings is 2. The predicted octanol–water partition coefficient (Wildman–Crippen LogP) is 3.63. The standard InChI is InChI=1S/C11H17NO.C9H8O4/c1-3-12(4-2)9-10-7-5-6-8-11(10)13;1-5-6(8(10)11)3-2-4-7(5)9(12)13/h5-8,13H,3-4,9H2,1-2H3;2-4H,1H3,(H,10,11)(H,12,13). The first-order valence-electron chi connectivity index (χ1n) is 8.37. The topological polar surface area (TPSA) is 98.1 Å². The third-order valence-electron chi connectivity index (χ3n) is 4.07. The van der Waals surface area contributed by atoms with E-state index in [1.54, 1.807) is 6.07 Å². The van der Waals surface area contributed by atoms with Crippen LogP contribution in [0.3, 0.4) is 0 Å². The molecule has 0 aliphatic carbocycles. The molecule has 0 unspecified atom stereocenters. The number of rotatable bonds is 6. The van der Waals surface area contributed by atoms with Crippen molar-refractivity contribution in [3.8, 4) is 5.75 Å². The molecule has 0 heterocycles. The summed E-state index contributed by atoms with van der Waals surface area (Å²) in [4.78, 5) is 23.5. The molecule has 0 atom stereocenters. The van der Waals surface area contributed by atoms with Gasteiger partial charge >= 0.3 is 11.9 Å². The zero-order valence-corrected chi connectivity index (χ0v) is 15.3. The summed E-state index contributed by atoms with van der Waals surface area (Å²) in [6, 6.07) is 11.7. The van der Waals surface area contributed by atoms with Gasteiger partial charge in [0.15, 0.2) is 0 Å². The third kappa shape index (κ3) is 5.89. The first-order valence-corrected chi connectivity index (χ1v) is 8.37. The molecular weight excluding hydrogens is 334 g/mol. The molecule has 140 valence electrons. The molecule has 3 N–H and O–H groups in total. The highest BCUT2D eigenvalue weighted by molar-refractivity contribution is 5.96. The number of carboxylic acid groups (broad SMARTS) is 2. The lowest BCUT2D eigenvalue weighted by atomic mass is 10.0. The summed E-state index contributed by atoms with van der Waals surface area (Å²) in [5, 5.41) is 26.9. The van der Waals surface area contributed by atoms with Crippen molar-refractivity contribution in [1.29, 1.82) is 0 Å². The van der Waals surface area contributed by atoms with Gasteiger partial charge in [-0.2, -0.15) is 0 Å². The second-order valence-corrected chi connectivity index (χ2v) is 5.68. The van der Waals surface area contributed by atoms with Crippen LogP contribution in [-0.2, 0) is 6.54 Å². The third-order valence-corrected chi connectivity index (χ3v) is 4.07. The van der Waals surface area contributed by atoms with Gasteiger partial charge in [-0.3, -0.25) is 4.90 Å². The maximum Gasteiger partial charge on any atom is 0.335 e. The lowest BCUT2D eigenvalue weighted by Crippen LogP contribution is -2.22. The maximum absolute atomic E-state index is 10.6. The Bertz CT molecular complexity index is 721. The van der Waals surface area contributed by atoms with E-state index in [0.29, 0.717) is 5.75 Å². The van der Waals surface area contributed by atoms with E-state index in [9.17, 15) is 14.7 Å². The number of aromatic carboxylic acids is 2. The highest BCUT2D eigenvalue weighted by atomic mass is 16.4. The van der Waals surface area contributed by atoms with Gasteiger partial charge in [0.2, 0.25) is 0 Å². The van der Waals surface area contributed by atoms with Gasteiger partial charge in [-0.25, -0.2) is 9.59 Å². The Morgan fingerprint density at radius 3 is 1.81 bits per heavy atom. The van der Waals surface area contributed by atoms with Gasteiger partial charge in [-0.05, 0) is 43.8 Å². The Kier molecular flexibility index (Phi) is 8.31. The summed E-state index contributed by atoms with van der Waals surface area (Å²) in [5.41, 5.74) is 1.34. The van der Waals surface area contributed by atoms with Crippen molar-refractivity contribution in [3.63, 3.8) is 0 Å². The number of hydrogen-bond acceptors (Lipinski definition) is 4. The number of carboxylic acids is 2. The molecule has 6 nitrogen and oxygen atoms in total. The summed E-state index contributed by atoms with van der Waals surface area (Å²) < 4.78 is 0. The van der Waals surface area contributed by atoms with Crippen LogP contribution in [0.15, 0.2) is 42.5 Å². The van der Waals surface area contributed by atoms with E-state index in [-0.39, 0.29) is 16.7 Å². The first kappa shape index (κ1) is 21.2. The molecule has 0 bridgehead atoms. The van der Waals surface area contributed by atoms with E-state index >= 15 is 0 Å². The molecule has 26 heavy (non-hydrogen) atoms. The minimum Gasteiger partial charge on any atom is -0.508 e. The van der Waals surface area contributed by atoms with Crippen LogP contribution in [-0.4, -0.2) is 45.2 Å². The molecule has 0 aromatic heterocycles. The van der Waals surface area contributed by atoms with Crippen molar-refractivity contribution in [3.05, 3.63) is 64.7 Å². The number of aromatic hydroxyl groups is 1. The Hall–Kier alpha value is -2.86. The highest BCUT2D eigenvalue weighted by Gasteiger charge is 2.13. The van der Waals surface area contributed by atoms with Crippen molar-refractivity contribution in [2.75, 3.05) is 13.1 Å². The van der Waals surface area contributed by atoms with Crippen LogP contribution in [0, 0.1) is 6.92 Å². The van der Waals surface area contributed by atoms with Gasteiger partial charge in [-0.1, -0.05) is 38.1 Å². The normalized spacial score (nSPS) is 10.2. The summed E-state index contributed by atoms with van der Waals surface area (Å²) in [6.45, 7) is 8.61. The van der Waals surface area contributed by atoms with Crippen LogP contribution < -0.4 is 0 Å². The van der Waals surface area contributed by atoms with E-state index in [1.807, 2.05) is 18.2 Å². The number of carbonyl (C=O) groups is 2. The summed E-state index contributed by atoms with van der Waals surface area (Å²) in [6.07, 6.45) is 0. The predicted molar refractivity (Wildman–Crippen MR) is 99.8 cm³/mol. The van der Waals surface area contributed by atoms with Gasteiger partial charge in [0.1, 0.15) is 5.75 Å². The van der Waals surface area contributed by atoms with Crippen molar-refractivity contribution in [2.24, 2.45) is 0 Å². The van der Waals surface area contributed by atoms with E-state index in [1.165, 1.54) is 25.1 Å². The van der Waals surface area contributed by atoms with Crippen LogP contribution in [0.1, 0.15) is 45.7 Å². The quantitative estimate of drug-likeness (QED) is 0.729. The number of phenols is 1. The monoisotopic (exact) mass is 359 g/mol. The SMILES string of the molecule is CCN(CC)Cc1ccccc1O.Cc1c(C(=O)O)cccc1C(=O)O. The lowest BCUT2D eigenvalue weighted by Gasteiger charge is -2.18. The van der Waals surface area contributed by atoms with E-state index in [2.05, 4.69) is 18.7 Å². The Labute approximate surface area is 153 Å². The highest BCUT2D eigenvalue weighted by Crippen LogP contribution is 2.17. The fourth-order valence-electron chi connectivity index (χ4n) is 2.43. The second kappa shape index (κ2) is 10.2. The molecule has 0 aliphatic heterocycles. The molecule has 2 aromatic rings. The molecular formula is C20H25NO5. The summed E-state index contributed by atoms with van der Waals surface area (Å²) in [7, 11) is 0. The minimum atomic E-state index is -1.11. The molecule has 0 saturated heterocycles. The smallest absolute Gasteiger partial charge is 0.335 e. The maximum atomic E-state index is 10.6. The zero-order chi connectivity index (χ0) is 19.7. The van der Waals surface area contributed by atoms with Crippen LogP contribution in [0.4, 0.5) is 0 Å². The van der Waals surface area contributed by atoms with Crippen LogP contribution >= 0.6 is 0 Å². The fraction of sp³-hybridized carbons (Fsp3) is 0.300. The van der Waals surface area contributed by atoms with Crippen molar-refractivity contribution < 1.29 is 24.9 Å². The fourth-order valence-corrected chi connectivity index (χ4v) is 2.43. The van der Waals surface area contributed by atoms with Crippen molar-refractivity contribution in [2.45, 2.75) is 27.3 Å². The van der Waals surface area contributed by atoms with Crippen LogP contribution in [0.25, 0.3) is 0 Å². The van der Waals surface area contributed by atoms with Gasteiger partial charge in [0, 0.05) is 12.1 Å². The van der Waals surface area contributed by atoms with Crippen LogP contribution in [0.2, 0.25) is 0 Å². The number of nitrogens with zero attached hydrogens (tertiary/aromatic N) is 1. The number of phenolic OH excluding ortho intramolecular Hbond substituents is 1. The van der Waals surface area contributed by atoms with E-state index in [4.69, 9.17) is 10.2 Å². The van der Waals surface area contributed by atoms with Crippen molar-refractivity contribution in [1.82, 2.24) is 4.90 Å². The molecule has 0 fully saturated rings. The summed E-state index contributed by atoms with van der Waals surface area (Å²) in [5.74, 6) is -1.82. The zero-order valence-electron chi connectivity index (χ0n) is 15.3. The minimum absolute atomic E-state index is 0.0277. The van der Waals surface area contributed by atoms with Gasteiger partial charge in [0.25, 0.3) is 0 Å². The Balaban J connectivity index is 0.000000260. The average molecular weight is 359 g/mol. The second-order valence-electron chi connectivity index (χ2n) is 5.68. The number of hydrogen-bond donors (Lipinski definition) is 3. The summed E-state index contributed by atoms with van der Waals surface area (Å²) >= 11 is 0. The largest absolute Gasteiger partial charge is 0.508 e. The molecule has 0 amide bonds. The number of para-hydroxylation sites is 1. The van der Waals surface area contributed by atoms with Crippen molar-refractivity contribution >= 4 is 11.9 Å². The average Bonchev–Trinajstić information content (AvgIpc) is 2.61. The lowest BCUT2D eigenvalue weighted by molar-refractivity contribution is 0.0696. The Morgan fingerprint density at radius 2 is 1.38 bits per heavy atom. The van der Waals surface area contributed by atoms with Gasteiger partial charge < -0.3 is 15.3 Å².